The van der Waals surface area contributed by atoms with E-state index in [4.69, 9.17) is 0 Å². The zero-order valence-electron chi connectivity index (χ0n) is 11.1. The van der Waals surface area contributed by atoms with Crippen molar-refractivity contribution in [1.29, 1.82) is 0 Å². The molecular formula is C16H16FNOS. The molecule has 2 aromatic carbocycles. The molecule has 0 heterocycles. The maximum absolute atomic E-state index is 13.4. The SMILES string of the molecule is Cc1ccc(NC(=O)C(S)Cc2ccccc2)cc1F. The summed E-state index contributed by atoms with van der Waals surface area (Å²) in [5.74, 6) is -0.568. The Kier molecular flexibility index (Phi) is 4.79. The molecule has 0 saturated carbocycles. The second-order valence-electron chi connectivity index (χ2n) is 4.66. The molecule has 0 aromatic heterocycles. The lowest BCUT2D eigenvalue weighted by atomic mass is 10.1. The monoisotopic (exact) mass is 289 g/mol. The zero-order valence-corrected chi connectivity index (χ0v) is 12.0. The summed E-state index contributed by atoms with van der Waals surface area (Å²) in [7, 11) is 0. The highest BCUT2D eigenvalue weighted by molar-refractivity contribution is 7.81. The van der Waals surface area contributed by atoms with Crippen LogP contribution in [0.2, 0.25) is 0 Å². The first-order chi connectivity index (χ1) is 9.56. The number of aryl methyl sites for hydroxylation is 1. The van der Waals surface area contributed by atoms with Crippen molar-refractivity contribution in [2.45, 2.75) is 18.6 Å². The zero-order chi connectivity index (χ0) is 14.5. The number of rotatable bonds is 4. The van der Waals surface area contributed by atoms with E-state index in [2.05, 4.69) is 17.9 Å². The van der Waals surface area contributed by atoms with Crippen LogP contribution in [0, 0.1) is 12.7 Å². The maximum Gasteiger partial charge on any atom is 0.237 e. The van der Waals surface area contributed by atoms with Crippen LogP contribution < -0.4 is 5.32 Å². The van der Waals surface area contributed by atoms with Gasteiger partial charge in [0.2, 0.25) is 5.91 Å². The summed E-state index contributed by atoms with van der Waals surface area (Å²) in [5.41, 5.74) is 2.04. The molecule has 1 unspecified atom stereocenters. The highest BCUT2D eigenvalue weighted by Gasteiger charge is 2.15. The number of benzene rings is 2. The van der Waals surface area contributed by atoms with Gasteiger partial charge in [0.15, 0.2) is 0 Å². The third-order valence-electron chi connectivity index (χ3n) is 3.01. The molecule has 0 aliphatic carbocycles. The molecule has 104 valence electrons. The molecule has 1 amide bonds. The van der Waals surface area contributed by atoms with Crippen LogP contribution in [-0.2, 0) is 11.2 Å². The lowest BCUT2D eigenvalue weighted by Gasteiger charge is -2.12. The van der Waals surface area contributed by atoms with E-state index in [1.165, 1.54) is 6.07 Å². The molecule has 1 N–H and O–H groups in total. The van der Waals surface area contributed by atoms with Gasteiger partial charge in [-0.3, -0.25) is 4.79 Å². The van der Waals surface area contributed by atoms with Gasteiger partial charge in [0, 0.05) is 5.69 Å². The van der Waals surface area contributed by atoms with E-state index < -0.39 is 5.25 Å². The van der Waals surface area contributed by atoms with Crippen LogP contribution in [0.5, 0.6) is 0 Å². The van der Waals surface area contributed by atoms with E-state index in [0.717, 1.165) is 5.56 Å². The number of amides is 1. The molecule has 0 saturated heterocycles. The minimum absolute atomic E-state index is 0.236. The number of halogens is 1. The fraction of sp³-hybridized carbons (Fsp3) is 0.188. The summed E-state index contributed by atoms with van der Waals surface area (Å²) in [6.07, 6.45) is 0.532. The van der Waals surface area contributed by atoms with Crippen LogP contribution in [0.4, 0.5) is 10.1 Å². The summed E-state index contributed by atoms with van der Waals surface area (Å²) in [5, 5.41) is 2.20. The minimum Gasteiger partial charge on any atom is -0.325 e. The van der Waals surface area contributed by atoms with Crippen molar-refractivity contribution in [3.63, 3.8) is 0 Å². The second-order valence-corrected chi connectivity index (χ2v) is 5.28. The molecule has 0 radical (unpaired) electrons. The van der Waals surface area contributed by atoms with E-state index >= 15 is 0 Å². The molecule has 2 nitrogen and oxygen atoms in total. The Bertz CT molecular complexity index is 601. The Morgan fingerprint density at radius 2 is 1.95 bits per heavy atom. The Morgan fingerprint density at radius 1 is 1.25 bits per heavy atom. The van der Waals surface area contributed by atoms with Crippen molar-refractivity contribution >= 4 is 24.2 Å². The first kappa shape index (κ1) is 14.6. The average Bonchev–Trinajstić information content (AvgIpc) is 2.44. The quantitative estimate of drug-likeness (QED) is 0.827. The molecule has 20 heavy (non-hydrogen) atoms. The number of hydrogen-bond acceptors (Lipinski definition) is 2. The summed E-state index contributed by atoms with van der Waals surface area (Å²) in [4.78, 5) is 12.0. The molecule has 2 rings (SSSR count). The van der Waals surface area contributed by atoms with Crippen LogP contribution in [0.15, 0.2) is 48.5 Å². The van der Waals surface area contributed by atoms with Crippen molar-refractivity contribution in [1.82, 2.24) is 0 Å². The van der Waals surface area contributed by atoms with Crippen molar-refractivity contribution in [2.24, 2.45) is 0 Å². The Balaban J connectivity index is 1.99. The third kappa shape index (κ3) is 3.84. The van der Waals surface area contributed by atoms with Gasteiger partial charge in [0.05, 0.1) is 5.25 Å². The Hall–Kier alpha value is -1.81. The second kappa shape index (κ2) is 6.57. The summed E-state index contributed by atoms with van der Waals surface area (Å²) in [6.45, 7) is 1.68. The highest BCUT2D eigenvalue weighted by Crippen LogP contribution is 2.15. The van der Waals surface area contributed by atoms with Gasteiger partial charge in [-0.2, -0.15) is 12.6 Å². The largest absolute Gasteiger partial charge is 0.325 e. The van der Waals surface area contributed by atoms with Crippen molar-refractivity contribution in [3.8, 4) is 0 Å². The van der Waals surface area contributed by atoms with Gasteiger partial charge in [-0.1, -0.05) is 36.4 Å². The van der Waals surface area contributed by atoms with E-state index in [9.17, 15) is 9.18 Å². The first-order valence-electron chi connectivity index (χ1n) is 6.35. The first-order valence-corrected chi connectivity index (χ1v) is 6.87. The molecule has 0 bridgehead atoms. The van der Waals surface area contributed by atoms with Gasteiger partial charge in [0.25, 0.3) is 0 Å². The van der Waals surface area contributed by atoms with E-state index in [-0.39, 0.29) is 11.7 Å². The third-order valence-corrected chi connectivity index (χ3v) is 3.43. The van der Waals surface area contributed by atoms with E-state index in [1.54, 1.807) is 19.1 Å². The van der Waals surface area contributed by atoms with Gasteiger partial charge in [-0.05, 0) is 36.6 Å². The van der Waals surface area contributed by atoms with E-state index in [1.807, 2.05) is 30.3 Å². The normalized spacial score (nSPS) is 11.9. The minimum atomic E-state index is -0.471. The predicted molar refractivity (Wildman–Crippen MR) is 82.7 cm³/mol. The topological polar surface area (TPSA) is 29.1 Å². The van der Waals surface area contributed by atoms with Crippen LogP contribution in [0.1, 0.15) is 11.1 Å². The smallest absolute Gasteiger partial charge is 0.237 e. The van der Waals surface area contributed by atoms with Crippen molar-refractivity contribution < 1.29 is 9.18 Å². The molecule has 0 spiro atoms. The van der Waals surface area contributed by atoms with Gasteiger partial charge in [0.1, 0.15) is 5.82 Å². The highest BCUT2D eigenvalue weighted by atomic mass is 32.1. The van der Waals surface area contributed by atoms with Crippen LogP contribution in [0.3, 0.4) is 0 Å². The number of anilines is 1. The molecule has 0 aliphatic rings. The molecular weight excluding hydrogens is 273 g/mol. The number of thiol groups is 1. The van der Waals surface area contributed by atoms with Gasteiger partial charge < -0.3 is 5.32 Å². The van der Waals surface area contributed by atoms with E-state index in [0.29, 0.717) is 17.7 Å². The molecule has 0 fully saturated rings. The van der Waals surface area contributed by atoms with Crippen LogP contribution in [0.25, 0.3) is 0 Å². The molecule has 2 aromatic rings. The van der Waals surface area contributed by atoms with Crippen LogP contribution >= 0.6 is 12.6 Å². The van der Waals surface area contributed by atoms with Gasteiger partial charge >= 0.3 is 0 Å². The summed E-state index contributed by atoms with van der Waals surface area (Å²) < 4.78 is 13.4. The van der Waals surface area contributed by atoms with Gasteiger partial charge in [-0.15, -0.1) is 0 Å². The summed E-state index contributed by atoms with van der Waals surface area (Å²) in [6, 6.07) is 14.3. The fourth-order valence-corrected chi connectivity index (χ4v) is 2.10. The molecule has 4 heteroatoms. The maximum atomic E-state index is 13.4. The number of nitrogens with one attached hydrogen (secondary N) is 1. The van der Waals surface area contributed by atoms with Crippen molar-refractivity contribution in [2.75, 3.05) is 5.32 Å². The molecule has 1 atom stereocenters. The number of carbonyl (C=O) groups excluding carboxylic acids is 1. The van der Waals surface area contributed by atoms with Crippen LogP contribution in [-0.4, -0.2) is 11.2 Å². The molecule has 0 aliphatic heterocycles. The lowest BCUT2D eigenvalue weighted by molar-refractivity contribution is -0.115. The Labute approximate surface area is 123 Å². The van der Waals surface area contributed by atoms with Crippen molar-refractivity contribution in [3.05, 3.63) is 65.5 Å². The number of carbonyl (C=O) groups is 1. The van der Waals surface area contributed by atoms with Gasteiger partial charge in [-0.25, -0.2) is 4.39 Å². The average molecular weight is 289 g/mol. The predicted octanol–water partition coefficient (Wildman–Crippen LogP) is 3.61. The Morgan fingerprint density at radius 3 is 2.60 bits per heavy atom. The fourth-order valence-electron chi connectivity index (χ4n) is 1.83. The standard InChI is InChI=1S/C16H16FNOS/c1-11-7-8-13(10-14(11)17)18-16(19)15(20)9-12-5-3-2-4-6-12/h2-8,10,15,20H,9H2,1H3,(H,18,19). The number of hydrogen-bond donors (Lipinski definition) is 2. The summed E-state index contributed by atoms with van der Waals surface area (Å²) >= 11 is 4.31. The lowest BCUT2D eigenvalue weighted by Crippen LogP contribution is -2.25.